The zero-order valence-corrected chi connectivity index (χ0v) is 15.5. The average Bonchev–Trinajstić information content (AvgIpc) is 3.15. The predicted molar refractivity (Wildman–Crippen MR) is 92.1 cm³/mol. The number of rotatable bonds is 5. The maximum Gasteiger partial charge on any atom is 0.368 e. The number of methoxy groups -OCH3 is 2. The molecule has 0 unspecified atom stereocenters. The van der Waals surface area contributed by atoms with Gasteiger partial charge in [0.05, 0.1) is 14.2 Å². The van der Waals surface area contributed by atoms with Gasteiger partial charge in [-0.15, -0.1) is 0 Å². The van der Waals surface area contributed by atoms with E-state index in [4.69, 9.17) is 9.47 Å². The van der Waals surface area contributed by atoms with Crippen LogP contribution in [-0.2, 0) is 19.1 Å². The highest BCUT2D eigenvalue weighted by atomic mass is 16.5. The van der Waals surface area contributed by atoms with Gasteiger partial charge in [0.15, 0.2) is 0 Å². The van der Waals surface area contributed by atoms with Crippen LogP contribution < -0.4 is 10.1 Å². The molecule has 2 heterocycles. The fourth-order valence-corrected chi connectivity index (χ4v) is 4.49. The standard InChI is InChI=1S/C19H24N2O5/c1-5-19(18(24)26-4)14-13(16(22)21(6-2)17(14)23)15(20-19)11-7-9-12(25-3)10-8-11/h7-10,13-15,20H,5-6H2,1-4H3/p+1/t13-,14-,15-,19+/m0/s1. The summed E-state index contributed by atoms with van der Waals surface area (Å²) in [5.74, 6) is -1.51. The smallest absolute Gasteiger partial charge is 0.368 e. The van der Waals surface area contributed by atoms with Crippen molar-refractivity contribution in [3.8, 4) is 5.75 Å². The molecule has 2 N–H and O–H groups in total. The molecule has 0 aromatic heterocycles. The SMILES string of the molecule is CCN1C(=O)[C@H]2[C@@H](C1=O)[C@](CC)(C(=O)OC)[NH2+][C@H]2c1ccc(OC)cc1. The number of nitrogens with two attached hydrogens (primary N) is 1. The van der Waals surface area contributed by atoms with E-state index in [2.05, 4.69) is 0 Å². The number of amides is 2. The van der Waals surface area contributed by atoms with E-state index in [9.17, 15) is 14.4 Å². The minimum Gasteiger partial charge on any atom is -0.497 e. The van der Waals surface area contributed by atoms with Gasteiger partial charge in [-0.25, -0.2) is 4.79 Å². The van der Waals surface area contributed by atoms with Crippen molar-refractivity contribution in [3.63, 3.8) is 0 Å². The van der Waals surface area contributed by atoms with Gasteiger partial charge in [-0.1, -0.05) is 6.92 Å². The van der Waals surface area contributed by atoms with E-state index in [0.29, 0.717) is 18.7 Å². The Morgan fingerprint density at radius 1 is 1.15 bits per heavy atom. The first-order chi connectivity index (χ1) is 12.4. The van der Waals surface area contributed by atoms with E-state index in [1.807, 2.05) is 36.5 Å². The van der Waals surface area contributed by atoms with Crippen LogP contribution in [0.2, 0.25) is 0 Å². The lowest BCUT2D eigenvalue weighted by Crippen LogP contribution is -2.98. The molecular weight excluding hydrogens is 336 g/mol. The lowest BCUT2D eigenvalue weighted by Gasteiger charge is -2.28. The summed E-state index contributed by atoms with van der Waals surface area (Å²) >= 11 is 0. The van der Waals surface area contributed by atoms with Crippen LogP contribution in [0.1, 0.15) is 31.9 Å². The van der Waals surface area contributed by atoms with Crippen LogP contribution in [0.4, 0.5) is 0 Å². The Morgan fingerprint density at radius 3 is 2.31 bits per heavy atom. The van der Waals surface area contributed by atoms with Gasteiger partial charge in [0.2, 0.25) is 17.4 Å². The summed E-state index contributed by atoms with van der Waals surface area (Å²) in [5.41, 5.74) is -0.195. The quantitative estimate of drug-likeness (QED) is 0.600. The molecule has 2 saturated heterocycles. The maximum atomic E-state index is 13.0. The number of esters is 1. The molecule has 1 aromatic rings. The number of carbonyl (C=O) groups excluding carboxylic acids is 3. The molecule has 2 amide bonds. The number of hydrogen-bond donors (Lipinski definition) is 1. The molecule has 0 bridgehead atoms. The Balaban J connectivity index is 2.10. The van der Waals surface area contributed by atoms with Crippen molar-refractivity contribution in [3.05, 3.63) is 29.8 Å². The van der Waals surface area contributed by atoms with Crippen molar-refractivity contribution in [1.29, 1.82) is 0 Å². The van der Waals surface area contributed by atoms with Crippen molar-refractivity contribution in [2.45, 2.75) is 31.8 Å². The van der Waals surface area contributed by atoms with Crippen LogP contribution >= 0.6 is 0 Å². The molecule has 140 valence electrons. The molecule has 7 nitrogen and oxygen atoms in total. The second kappa shape index (κ2) is 6.72. The zero-order chi connectivity index (χ0) is 19.1. The molecule has 1 aromatic carbocycles. The molecule has 2 fully saturated rings. The number of ether oxygens (including phenoxy) is 2. The average molecular weight is 361 g/mol. The number of carbonyl (C=O) groups is 3. The summed E-state index contributed by atoms with van der Waals surface area (Å²) in [6.45, 7) is 3.93. The summed E-state index contributed by atoms with van der Waals surface area (Å²) in [4.78, 5) is 39.9. The first kappa shape index (κ1) is 18.4. The summed E-state index contributed by atoms with van der Waals surface area (Å²) in [5, 5.41) is 1.86. The lowest BCUT2D eigenvalue weighted by atomic mass is 9.78. The second-order valence-electron chi connectivity index (χ2n) is 6.78. The van der Waals surface area contributed by atoms with E-state index in [1.165, 1.54) is 12.0 Å². The highest BCUT2D eigenvalue weighted by Crippen LogP contribution is 2.45. The molecule has 7 heteroatoms. The van der Waals surface area contributed by atoms with E-state index >= 15 is 0 Å². The normalized spacial score (nSPS) is 30.5. The summed E-state index contributed by atoms with van der Waals surface area (Å²) in [6.07, 6.45) is 0.407. The Bertz CT molecular complexity index is 732. The molecular formula is C19H25N2O5+. The number of likely N-dealkylation sites (tertiary alicyclic amines) is 1. The van der Waals surface area contributed by atoms with Crippen LogP contribution in [0.3, 0.4) is 0 Å². The van der Waals surface area contributed by atoms with E-state index in [0.717, 1.165) is 5.56 Å². The summed E-state index contributed by atoms with van der Waals surface area (Å²) < 4.78 is 10.2. The van der Waals surface area contributed by atoms with Gasteiger partial charge < -0.3 is 14.8 Å². The van der Waals surface area contributed by atoms with Crippen LogP contribution in [0.5, 0.6) is 5.75 Å². The molecule has 0 spiro atoms. The third-order valence-corrected chi connectivity index (χ3v) is 5.83. The summed E-state index contributed by atoms with van der Waals surface area (Å²) in [6, 6.07) is 7.08. The van der Waals surface area contributed by atoms with Gasteiger partial charge in [-0.05, 0) is 31.2 Å². The van der Waals surface area contributed by atoms with E-state index in [1.54, 1.807) is 14.0 Å². The van der Waals surface area contributed by atoms with Gasteiger partial charge in [0.25, 0.3) is 0 Å². The molecule has 26 heavy (non-hydrogen) atoms. The van der Waals surface area contributed by atoms with Crippen LogP contribution in [0.25, 0.3) is 0 Å². The van der Waals surface area contributed by atoms with Gasteiger partial charge in [0, 0.05) is 18.5 Å². The van der Waals surface area contributed by atoms with E-state index in [-0.39, 0.29) is 17.9 Å². The first-order valence-electron chi connectivity index (χ1n) is 8.88. The number of quaternary nitrogens is 1. The third-order valence-electron chi connectivity index (χ3n) is 5.83. The number of hydrogen-bond acceptors (Lipinski definition) is 5. The fraction of sp³-hybridized carbons (Fsp3) is 0.526. The van der Waals surface area contributed by atoms with Crippen molar-refractivity contribution in [1.82, 2.24) is 4.90 Å². The maximum absolute atomic E-state index is 13.0. The van der Waals surface area contributed by atoms with Gasteiger partial charge in [0.1, 0.15) is 23.6 Å². The highest BCUT2D eigenvalue weighted by molar-refractivity contribution is 6.08. The van der Waals surface area contributed by atoms with Gasteiger partial charge in [-0.3, -0.25) is 14.5 Å². The van der Waals surface area contributed by atoms with Crippen molar-refractivity contribution < 1.29 is 29.2 Å². The topological polar surface area (TPSA) is 89.5 Å². The minimum absolute atomic E-state index is 0.209. The molecule has 3 rings (SSSR count). The van der Waals surface area contributed by atoms with Crippen molar-refractivity contribution in [2.24, 2.45) is 11.8 Å². The van der Waals surface area contributed by atoms with Gasteiger partial charge in [-0.2, -0.15) is 0 Å². The lowest BCUT2D eigenvalue weighted by molar-refractivity contribution is -0.734. The Labute approximate surface area is 152 Å². The molecule has 0 aliphatic carbocycles. The monoisotopic (exact) mass is 361 g/mol. The largest absolute Gasteiger partial charge is 0.497 e. The van der Waals surface area contributed by atoms with E-state index < -0.39 is 23.3 Å². The second-order valence-corrected chi connectivity index (χ2v) is 6.78. The van der Waals surface area contributed by atoms with Crippen LogP contribution in [0, 0.1) is 11.8 Å². The third kappa shape index (κ3) is 2.41. The number of fused-ring (bicyclic) bond motifs is 1. The van der Waals surface area contributed by atoms with Crippen molar-refractivity contribution >= 4 is 17.8 Å². The number of benzene rings is 1. The van der Waals surface area contributed by atoms with Crippen LogP contribution in [0.15, 0.2) is 24.3 Å². The number of imide groups is 1. The summed E-state index contributed by atoms with van der Waals surface area (Å²) in [7, 11) is 2.91. The Hall–Kier alpha value is -2.41. The molecule has 2 aliphatic heterocycles. The Kier molecular flexibility index (Phi) is 4.75. The van der Waals surface area contributed by atoms with Gasteiger partial charge >= 0.3 is 5.97 Å². The first-order valence-corrected chi connectivity index (χ1v) is 8.88. The van der Waals surface area contributed by atoms with Crippen molar-refractivity contribution in [2.75, 3.05) is 20.8 Å². The number of nitrogens with zero attached hydrogens (tertiary/aromatic N) is 1. The minimum atomic E-state index is -1.08. The zero-order valence-electron chi connectivity index (χ0n) is 15.5. The highest BCUT2D eigenvalue weighted by Gasteiger charge is 2.71. The molecule has 0 saturated carbocycles. The predicted octanol–water partition coefficient (Wildman–Crippen LogP) is 0.256. The molecule has 0 radical (unpaired) electrons. The fourth-order valence-electron chi connectivity index (χ4n) is 4.49. The van der Waals surface area contributed by atoms with Crippen LogP contribution in [-0.4, -0.2) is 49.0 Å². The molecule has 4 atom stereocenters. The molecule has 2 aliphatic rings. The Morgan fingerprint density at radius 2 is 1.81 bits per heavy atom.